The van der Waals surface area contributed by atoms with Gasteiger partial charge in [-0.1, -0.05) is 118 Å². The van der Waals surface area contributed by atoms with Gasteiger partial charge < -0.3 is 9.16 Å². The Morgan fingerprint density at radius 2 is 1.19 bits per heavy atom. The quantitative estimate of drug-likeness (QED) is 0.0745. The predicted octanol–water partition coefficient (Wildman–Crippen LogP) is 11.2. The van der Waals surface area contributed by atoms with Crippen LogP contribution in [0.15, 0.2) is 133 Å². The summed E-state index contributed by atoms with van der Waals surface area (Å²) in [7, 11) is -2.20. The van der Waals surface area contributed by atoms with Gasteiger partial charge in [-0.3, -0.25) is 10.1 Å². The summed E-state index contributed by atoms with van der Waals surface area (Å²) in [6.45, 7) is 11.7. The lowest BCUT2D eigenvalue weighted by Crippen LogP contribution is -2.41. The minimum absolute atomic E-state index is 0.0250. The van der Waals surface area contributed by atoms with E-state index in [1.165, 1.54) is 0 Å². The average molecular weight is 646 g/mol. The molecule has 0 radical (unpaired) electrons. The lowest BCUT2D eigenvalue weighted by molar-refractivity contribution is -0.384. The van der Waals surface area contributed by atoms with Gasteiger partial charge in [0, 0.05) is 24.1 Å². The zero-order valence-corrected chi connectivity index (χ0v) is 29.4. The molecule has 1 aliphatic carbocycles. The van der Waals surface area contributed by atoms with Gasteiger partial charge in [0.25, 0.3) is 5.69 Å². The molecule has 0 aliphatic heterocycles. The molecule has 47 heavy (non-hydrogen) atoms. The molecule has 0 atom stereocenters. The van der Waals surface area contributed by atoms with Gasteiger partial charge in [-0.05, 0) is 83.4 Å². The Hall–Kier alpha value is -4.26. The van der Waals surface area contributed by atoms with Gasteiger partial charge in [0.15, 0.2) is 0 Å². The molecule has 0 saturated heterocycles. The van der Waals surface area contributed by atoms with Crippen molar-refractivity contribution in [1.29, 1.82) is 0 Å². The summed E-state index contributed by atoms with van der Waals surface area (Å²) in [5, 5.41) is 11.5. The maximum absolute atomic E-state index is 11.4. The molecule has 6 heteroatoms. The van der Waals surface area contributed by atoms with Crippen molar-refractivity contribution in [3.05, 3.63) is 165 Å². The van der Waals surface area contributed by atoms with Crippen molar-refractivity contribution < 1.29 is 14.1 Å². The van der Waals surface area contributed by atoms with E-state index in [4.69, 9.17) is 9.16 Å². The van der Waals surface area contributed by atoms with Crippen LogP contribution in [0.1, 0.15) is 75.1 Å². The van der Waals surface area contributed by atoms with Crippen LogP contribution < -0.4 is 0 Å². The number of rotatable bonds is 10. The summed E-state index contributed by atoms with van der Waals surface area (Å²) >= 11 is 0. The third kappa shape index (κ3) is 7.83. The summed E-state index contributed by atoms with van der Waals surface area (Å²) in [5.41, 5.74) is 5.52. The van der Waals surface area contributed by atoms with Crippen molar-refractivity contribution in [2.75, 3.05) is 6.61 Å². The first-order chi connectivity index (χ1) is 22.5. The van der Waals surface area contributed by atoms with E-state index in [2.05, 4.69) is 113 Å². The molecule has 5 nitrogen and oxygen atoms in total. The van der Waals surface area contributed by atoms with Crippen molar-refractivity contribution in [3.63, 3.8) is 0 Å². The molecule has 0 spiro atoms. The molecule has 4 aromatic rings. The van der Waals surface area contributed by atoms with Crippen LogP contribution in [-0.2, 0) is 14.8 Å². The Balaban J connectivity index is 1.69. The number of benzene rings is 4. The first kappa shape index (κ1) is 34.1. The number of hydrogen-bond donors (Lipinski definition) is 0. The van der Waals surface area contributed by atoms with E-state index in [9.17, 15) is 10.1 Å². The molecule has 0 fully saturated rings. The van der Waals surface area contributed by atoms with Crippen molar-refractivity contribution in [2.45, 2.75) is 76.6 Å². The fraction of sp³-hybridized carbons (Fsp3) is 0.317. The standard InChI is InChI=1S/C41H47NO4Si/c1-40(2,3)47(4,5)46-39-25-17-6-10-18-33(32-26-28-38(29-27-32)42(43)44)30-34(39)31-45-41(35-19-11-7-12-20-35,36-21-13-8-14-22-36)37-23-15-9-16-24-37/h7-9,11-16,19-24,26-30H,6,10,17-18,25,31H2,1-5H3/b33-30+,39-34-. The fourth-order valence-electron chi connectivity index (χ4n) is 5.98. The van der Waals surface area contributed by atoms with Crippen LogP contribution >= 0.6 is 0 Å². The zero-order valence-electron chi connectivity index (χ0n) is 28.4. The Morgan fingerprint density at radius 3 is 1.66 bits per heavy atom. The van der Waals surface area contributed by atoms with Crippen molar-refractivity contribution in [1.82, 2.24) is 0 Å². The number of ether oxygens (including phenoxy) is 1. The molecule has 244 valence electrons. The topological polar surface area (TPSA) is 61.6 Å². The third-order valence-electron chi connectivity index (χ3n) is 9.68. The van der Waals surface area contributed by atoms with Crippen LogP contribution in [-0.4, -0.2) is 19.8 Å². The van der Waals surface area contributed by atoms with Gasteiger partial charge in [-0.2, -0.15) is 0 Å². The summed E-state index contributed by atoms with van der Waals surface area (Å²) in [6.07, 6.45) is 7.09. The van der Waals surface area contributed by atoms with Gasteiger partial charge in [0.2, 0.25) is 8.32 Å². The summed E-state index contributed by atoms with van der Waals surface area (Å²) in [4.78, 5) is 11.1. The third-order valence-corrected chi connectivity index (χ3v) is 14.0. The van der Waals surface area contributed by atoms with E-state index in [1.54, 1.807) is 12.1 Å². The largest absolute Gasteiger partial charge is 0.546 e. The molecule has 0 bridgehead atoms. The first-order valence-corrected chi connectivity index (χ1v) is 19.6. The van der Waals surface area contributed by atoms with Crippen LogP contribution in [0, 0.1) is 10.1 Å². The van der Waals surface area contributed by atoms with E-state index >= 15 is 0 Å². The van der Waals surface area contributed by atoms with Crippen molar-refractivity contribution >= 4 is 19.6 Å². The molecule has 5 rings (SSSR count). The minimum atomic E-state index is -2.20. The molecule has 0 N–H and O–H groups in total. The average Bonchev–Trinajstić information content (AvgIpc) is 3.16. The summed E-state index contributed by atoms with van der Waals surface area (Å²) in [5.74, 6) is 1.00. The highest BCUT2D eigenvalue weighted by Crippen LogP contribution is 2.43. The number of allylic oxidation sites excluding steroid dienone is 2. The smallest absolute Gasteiger partial charge is 0.269 e. The summed E-state index contributed by atoms with van der Waals surface area (Å²) < 4.78 is 14.5. The zero-order chi connectivity index (χ0) is 33.5. The van der Waals surface area contributed by atoms with Gasteiger partial charge in [0.1, 0.15) is 5.60 Å². The molecule has 1 aliphatic rings. The number of nitro groups is 1. The Bertz CT molecular complexity index is 1590. The maximum Gasteiger partial charge on any atom is 0.269 e. The highest BCUT2D eigenvalue weighted by Gasteiger charge is 2.41. The number of hydrogen-bond acceptors (Lipinski definition) is 4. The van der Waals surface area contributed by atoms with Crippen molar-refractivity contribution in [3.8, 4) is 0 Å². The fourth-order valence-corrected chi connectivity index (χ4v) is 7.14. The Labute approximate surface area is 281 Å². The molecule has 4 aromatic carbocycles. The second kappa shape index (κ2) is 14.7. The van der Waals surface area contributed by atoms with Gasteiger partial charge in [-0.25, -0.2) is 0 Å². The lowest BCUT2D eigenvalue weighted by atomic mass is 9.80. The number of nitro benzene ring substituents is 1. The predicted molar refractivity (Wildman–Crippen MR) is 195 cm³/mol. The molecule has 0 saturated carbocycles. The van der Waals surface area contributed by atoms with Crippen molar-refractivity contribution in [2.24, 2.45) is 0 Å². The lowest BCUT2D eigenvalue weighted by Gasteiger charge is -2.39. The molecule has 0 amide bonds. The van der Waals surface area contributed by atoms with Crippen LogP contribution in [0.25, 0.3) is 5.57 Å². The van der Waals surface area contributed by atoms with E-state index < -0.39 is 13.9 Å². The van der Waals surface area contributed by atoms with Gasteiger partial charge >= 0.3 is 0 Å². The number of nitrogens with zero attached hydrogens (tertiary/aromatic N) is 1. The molecular weight excluding hydrogens is 599 g/mol. The van der Waals surface area contributed by atoms with E-state index in [0.717, 1.165) is 71.3 Å². The SMILES string of the molecule is CC(C)(C)[Si](C)(C)O/C1=C(COC(c2ccccc2)(c2ccccc2)c2ccccc2)/C=C(/c2ccc([N+](=O)[O-])cc2)CCCCC1. The normalized spacial score (nSPS) is 17.5. The van der Waals surface area contributed by atoms with Crippen LogP contribution in [0.5, 0.6) is 0 Å². The highest BCUT2D eigenvalue weighted by molar-refractivity contribution is 6.74. The van der Waals surface area contributed by atoms with E-state index in [0.29, 0.717) is 6.61 Å². The minimum Gasteiger partial charge on any atom is -0.546 e. The molecule has 0 unspecified atom stereocenters. The van der Waals surface area contributed by atoms with Crippen LogP contribution in [0.2, 0.25) is 18.1 Å². The Kier molecular flexibility index (Phi) is 10.6. The van der Waals surface area contributed by atoms with Crippen LogP contribution in [0.3, 0.4) is 0 Å². The summed E-state index contributed by atoms with van der Waals surface area (Å²) in [6, 6.07) is 38.3. The maximum atomic E-state index is 11.4. The van der Waals surface area contributed by atoms with Gasteiger partial charge in [-0.15, -0.1) is 0 Å². The second-order valence-corrected chi connectivity index (χ2v) is 18.6. The second-order valence-electron chi connectivity index (χ2n) is 13.9. The van der Waals surface area contributed by atoms with E-state index in [-0.39, 0.29) is 15.6 Å². The molecular formula is C41H47NO4Si. The Morgan fingerprint density at radius 1 is 0.702 bits per heavy atom. The monoisotopic (exact) mass is 645 g/mol. The molecule has 0 aromatic heterocycles. The first-order valence-electron chi connectivity index (χ1n) is 16.7. The highest BCUT2D eigenvalue weighted by atomic mass is 28.4. The van der Waals surface area contributed by atoms with Gasteiger partial charge in [0.05, 0.1) is 17.3 Å². The molecule has 0 heterocycles. The van der Waals surface area contributed by atoms with Crippen LogP contribution in [0.4, 0.5) is 5.69 Å². The number of non-ortho nitro benzene ring substituents is 1. The van der Waals surface area contributed by atoms with E-state index in [1.807, 2.05) is 30.3 Å².